The molecule has 1 aliphatic heterocycles. The van der Waals surface area contributed by atoms with Crippen LogP contribution in [0.4, 0.5) is 0 Å². The summed E-state index contributed by atoms with van der Waals surface area (Å²) in [5.74, 6) is 1.24. The van der Waals surface area contributed by atoms with Crippen LogP contribution in [0.25, 0.3) is 0 Å². The zero-order chi connectivity index (χ0) is 8.55. The minimum atomic E-state index is 0.601. The van der Waals surface area contributed by atoms with E-state index in [-0.39, 0.29) is 0 Å². The Morgan fingerprint density at radius 2 is 2.42 bits per heavy atom. The van der Waals surface area contributed by atoms with Gasteiger partial charge in [0.05, 0.1) is 16.6 Å². The highest BCUT2D eigenvalue weighted by atomic mass is 35.5. The number of aromatic nitrogens is 1. The third kappa shape index (κ3) is 1.37. The van der Waals surface area contributed by atoms with E-state index in [9.17, 15) is 0 Å². The number of nitrogens with one attached hydrogen (secondary N) is 1. The summed E-state index contributed by atoms with van der Waals surface area (Å²) >= 11 is 7.53. The van der Waals surface area contributed by atoms with Gasteiger partial charge in [0.25, 0.3) is 0 Å². The fourth-order valence-corrected chi connectivity index (χ4v) is 2.59. The molecule has 12 heavy (non-hydrogen) atoms. The number of hydrogen-bond acceptors (Lipinski definition) is 3. The van der Waals surface area contributed by atoms with Gasteiger partial charge < -0.3 is 5.32 Å². The van der Waals surface area contributed by atoms with Gasteiger partial charge in [-0.1, -0.05) is 0 Å². The van der Waals surface area contributed by atoms with Crippen molar-refractivity contribution in [2.24, 2.45) is 0 Å². The third-order valence-electron chi connectivity index (χ3n) is 2.16. The molecule has 1 fully saturated rings. The van der Waals surface area contributed by atoms with Crippen molar-refractivity contribution in [2.75, 3.05) is 13.1 Å². The largest absolute Gasteiger partial charge is 0.315 e. The molecule has 1 saturated heterocycles. The van der Waals surface area contributed by atoms with Crippen molar-refractivity contribution < 1.29 is 0 Å². The predicted octanol–water partition coefficient (Wildman–Crippen LogP) is 1.88. The van der Waals surface area contributed by atoms with Crippen molar-refractivity contribution >= 4 is 22.9 Å². The van der Waals surface area contributed by atoms with Crippen LogP contribution in [0.15, 0.2) is 0 Å². The molecular formula is C8H11ClN2S. The fourth-order valence-electron chi connectivity index (χ4n) is 1.21. The van der Waals surface area contributed by atoms with Gasteiger partial charge in [0, 0.05) is 23.9 Å². The highest BCUT2D eigenvalue weighted by molar-refractivity contribution is 7.12. The maximum atomic E-state index is 5.77. The van der Waals surface area contributed by atoms with Crippen molar-refractivity contribution in [3.8, 4) is 0 Å². The van der Waals surface area contributed by atoms with Gasteiger partial charge >= 0.3 is 0 Å². The summed E-state index contributed by atoms with van der Waals surface area (Å²) in [6.07, 6.45) is 0. The van der Waals surface area contributed by atoms with E-state index in [1.54, 1.807) is 11.3 Å². The molecule has 2 heterocycles. The molecule has 0 unspecified atom stereocenters. The van der Waals surface area contributed by atoms with Crippen LogP contribution < -0.4 is 5.32 Å². The summed E-state index contributed by atoms with van der Waals surface area (Å²) in [5, 5.41) is 4.49. The average molecular weight is 203 g/mol. The minimum absolute atomic E-state index is 0.601. The van der Waals surface area contributed by atoms with Crippen LogP contribution >= 0.6 is 22.9 Å². The maximum absolute atomic E-state index is 5.77. The van der Waals surface area contributed by atoms with E-state index in [0.29, 0.717) is 11.8 Å². The van der Waals surface area contributed by atoms with Gasteiger partial charge in [-0.25, -0.2) is 4.98 Å². The second-order valence-corrected chi connectivity index (χ2v) is 4.43. The molecule has 1 aromatic heterocycles. The van der Waals surface area contributed by atoms with Crippen LogP contribution in [0.5, 0.6) is 0 Å². The standard InChI is InChI=1S/C8H11ClN2S/c1-5-7(2-9)12-8(11-5)6-3-10-4-6/h6,10H,2-4H2,1H3. The molecular weight excluding hydrogens is 192 g/mol. The molecule has 0 radical (unpaired) electrons. The predicted molar refractivity (Wildman–Crippen MR) is 52.0 cm³/mol. The van der Waals surface area contributed by atoms with Gasteiger partial charge in [-0.05, 0) is 6.92 Å². The highest BCUT2D eigenvalue weighted by Crippen LogP contribution is 2.28. The molecule has 1 aromatic rings. The summed E-state index contributed by atoms with van der Waals surface area (Å²) in [5.41, 5.74) is 1.11. The number of thiazole rings is 1. The Kier molecular flexibility index (Phi) is 2.35. The molecule has 4 heteroatoms. The van der Waals surface area contributed by atoms with Gasteiger partial charge in [-0.15, -0.1) is 22.9 Å². The summed E-state index contributed by atoms with van der Waals surface area (Å²) in [6.45, 7) is 4.19. The van der Waals surface area contributed by atoms with E-state index in [4.69, 9.17) is 11.6 Å². The van der Waals surface area contributed by atoms with E-state index in [1.807, 2.05) is 6.92 Å². The summed E-state index contributed by atoms with van der Waals surface area (Å²) in [6, 6.07) is 0. The second-order valence-electron chi connectivity index (χ2n) is 3.05. The molecule has 0 amide bonds. The molecule has 0 atom stereocenters. The lowest BCUT2D eigenvalue weighted by Crippen LogP contribution is -2.39. The van der Waals surface area contributed by atoms with Crippen molar-refractivity contribution in [1.29, 1.82) is 0 Å². The van der Waals surface area contributed by atoms with Crippen LogP contribution in [0, 0.1) is 6.92 Å². The van der Waals surface area contributed by atoms with E-state index in [0.717, 1.165) is 18.8 Å². The van der Waals surface area contributed by atoms with E-state index in [1.165, 1.54) is 9.88 Å². The first-order valence-electron chi connectivity index (χ1n) is 4.04. The van der Waals surface area contributed by atoms with Crippen LogP contribution in [-0.4, -0.2) is 18.1 Å². The Morgan fingerprint density at radius 1 is 1.67 bits per heavy atom. The zero-order valence-electron chi connectivity index (χ0n) is 6.93. The summed E-state index contributed by atoms with van der Waals surface area (Å²) in [4.78, 5) is 5.72. The molecule has 1 N–H and O–H groups in total. The van der Waals surface area contributed by atoms with Gasteiger partial charge in [0.15, 0.2) is 0 Å². The van der Waals surface area contributed by atoms with Gasteiger partial charge in [0.1, 0.15) is 0 Å². The van der Waals surface area contributed by atoms with Crippen molar-refractivity contribution in [3.63, 3.8) is 0 Å². The van der Waals surface area contributed by atoms with Crippen LogP contribution in [0.2, 0.25) is 0 Å². The quantitative estimate of drug-likeness (QED) is 0.741. The van der Waals surface area contributed by atoms with Crippen molar-refractivity contribution in [1.82, 2.24) is 10.3 Å². The first-order valence-corrected chi connectivity index (χ1v) is 5.39. The Morgan fingerprint density at radius 3 is 2.83 bits per heavy atom. The topological polar surface area (TPSA) is 24.9 Å². The lowest BCUT2D eigenvalue weighted by Gasteiger charge is -2.24. The zero-order valence-corrected chi connectivity index (χ0v) is 8.50. The Labute approximate surface area is 81.0 Å². The monoisotopic (exact) mass is 202 g/mol. The first-order chi connectivity index (χ1) is 5.81. The van der Waals surface area contributed by atoms with E-state index in [2.05, 4.69) is 10.3 Å². The number of hydrogen-bond donors (Lipinski definition) is 1. The van der Waals surface area contributed by atoms with Crippen molar-refractivity contribution in [3.05, 3.63) is 15.6 Å². The molecule has 1 aliphatic rings. The molecule has 0 spiro atoms. The number of halogens is 1. The van der Waals surface area contributed by atoms with Crippen molar-refractivity contribution in [2.45, 2.75) is 18.7 Å². The van der Waals surface area contributed by atoms with Gasteiger partial charge in [-0.2, -0.15) is 0 Å². The lowest BCUT2D eigenvalue weighted by atomic mass is 10.1. The molecule has 2 nitrogen and oxygen atoms in total. The molecule has 2 rings (SSSR count). The average Bonchev–Trinajstić information content (AvgIpc) is 2.27. The van der Waals surface area contributed by atoms with Crippen LogP contribution in [-0.2, 0) is 5.88 Å². The first kappa shape index (κ1) is 8.48. The number of rotatable bonds is 2. The summed E-state index contributed by atoms with van der Waals surface area (Å²) < 4.78 is 0. The van der Waals surface area contributed by atoms with E-state index < -0.39 is 0 Å². The number of aryl methyl sites for hydroxylation is 1. The molecule has 0 bridgehead atoms. The van der Waals surface area contributed by atoms with Crippen LogP contribution in [0.3, 0.4) is 0 Å². The Bertz CT molecular complexity index is 281. The third-order valence-corrected chi connectivity index (χ3v) is 3.91. The number of nitrogens with zero attached hydrogens (tertiary/aromatic N) is 1. The molecule has 0 aliphatic carbocycles. The fraction of sp³-hybridized carbons (Fsp3) is 0.625. The molecule has 66 valence electrons. The normalized spacial score (nSPS) is 17.8. The Balaban J connectivity index is 2.21. The van der Waals surface area contributed by atoms with Gasteiger partial charge in [0.2, 0.25) is 0 Å². The smallest absolute Gasteiger partial charge is 0.0987 e. The minimum Gasteiger partial charge on any atom is -0.315 e. The maximum Gasteiger partial charge on any atom is 0.0987 e. The van der Waals surface area contributed by atoms with Crippen LogP contribution in [0.1, 0.15) is 21.5 Å². The van der Waals surface area contributed by atoms with Gasteiger partial charge in [-0.3, -0.25) is 0 Å². The Hall–Kier alpha value is -0.120. The summed E-state index contributed by atoms with van der Waals surface area (Å²) in [7, 11) is 0. The second kappa shape index (κ2) is 3.32. The molecule has 0 saturated carbocycles. The van der Waals surface area contributed by atoms with E-state index >= 15 is 0 Å². The lowest BCUT2D eigenvalue weighted by molar-refractivity contribution is 0.446. The number of alkyl halides is 1. The highest BCUT2D eigenvalue weighted by Gasteiger charge is 2.22. The molecule has 0 aromatic carbocycles. The SMILES string of the molecule is Cc1nc(C2CNC2)sc1CCl.